The van der Waals surface area contributed by atoms with Crippen molar-refractivity contribution in [2.24, 2.45) is 0 Å². The number of aromatic nitrogens is 1. The third-order valence-corrected chi connectivity index (χ3v) is 3.06. The van der Waals surface area contributed by atoms with Crippen molar-refractivity contribution in [3.05, 3.63) is 54.2 Å². The number of carbonyl (C=O) groups is 1. The van der Waals surface area contributed by atoms with Crippen LogP contribution in [0.5, 0.6) is 0 Å². The van der Waals surface area contributed by atoms with Gasteiger partial charge in [0, 0.05) is 17.4 Å². The molecule has 0 aliphatic heterocycles. The van der Waals surface area contributed by atoms with Gasteiger partial charge in [0.15, 0.2) is 0 Å². The van der Waals surface area contributed by atoms with E-state index in [1.54, 1.807) is 12.2 Å². The number of carboxylic acid groups (broad SMARTS) is 1. The van der Waals surface area contributed by atoms with Gasteiger partial charge in [0.2, 0.25) is 0 Å². The van der Waals surface area contributed by atoms with Gasteiger partial charge in [-0.15, -0.1) is 0 Å². The highest BCUT2D eigenvalue weighted by Crippen LogP contribution is 2.26. The molecule has 0 bridgehead atoms. The van der Waals surface area contributed by atoms with Gasteiger partial charge in [-0.05, 0) is 24.1 Å². The molecule has 0 radical (unpaired) electrons. The number of aliphatic carboxylic acids is 1. The molecule has 0 saturated heterocycles. The highest BCUT2D eigenvalue weighted by atomic mass is 16.4. The standard InChI is InChI=1S/C16H15NO2/c1-3-11-12(9-10-16(18)19)13-7-5-6-8-15(13)17-14(11)4-2/h3-8H,1-2,9-10H2,(H,18,19). The summed E-state index contributed by atoms with van der Waals surface area (Å²) in [6.07, 6.45) is 3.94. The number of rotatable bonds is 5. The predicted octanol–water partition coefficient (Wildman–Crippen LogP) is 3.54. The first-order valence-corrected chi connectivity index (χ1v) is 6.05. The molecule has 2 rings (SSSR count). The second-order valence-electron chi connectivity index (χ2n) is 4.21. The van der Waals surface area contributed by atoms with Crippen LogP contribution in [0.15, 0.2) is 37.4 Å². The monoisotopic (exact) mass is 253 g/mol. The molecule has 1 aromatic carbocycles. The molecule has 3 heteroatoms. The van der Waals surface area contributed by atoms with Gasteiger partial charge in [-0.3, -0.25) is 4.79 Å². The highest BCUT2D eigenvalue weighted by molar-refractivity contribution is 5.88. The Hall–Kier alpha value is -2.42. The normalized spacial score (nSPS) is 10.3. The zero-order chi connectivity index (χ0) is 13.8. The minimum Gasteiger partial charge on any atom is -0.481 e. The fourth-order valence-electron chi connectivity index (χ4n) is 2.20. The first-order chi connectivity index (χ1) is 9.17. The molecular weight excluding hydrogens is 238 g/mol. The van der Waals surface area contributed by atoms with Crippen LogP contribution in [-0.4, -0.2) is 16.1 Å². The summed E-state index contributed by atoms with van der Waals surface area (Å²) in [6.45, 7) is 7.56. The number of hydrogen-bond acceptors (Lipinski definition) is 2. The maximum atomic E-state index is 10.8. The van der Waals surface area contributed by atoms with E-state index in [0.717, 1.165) is 27.7 Å². The van der Waals surface area contributed by atoms with Crippen LogP contribution in [0.4, 0.5) is 0 Å². The molecular formula is C16H15NO2. The molecule has 0 unspecified atom stereocenters. The predicted molar refractivity (Wildman–Crippen MR) is 77.9 cm³/mol. The zero-order valence-electron chi connectivity index (χ0n) is 10.6. The van der Waals surface area contributed by atoms with Crippen LogP contribution in [0.25, 0.3) is 23.1 Å². The molecule has 2 aromatic rings. The number of hydrogen-bond donors (Lipinski definition) is 1. The van der Waals surface area contributed by atoms with E-state index in [1.807, 2.05) is 24.3 Å². The Morgan fingerprint density at radius 3 is 2.63 bits per heavy atom. The molecule has 96 valence electrons. The van der Waals surface area contributed by atoms with E-state index >= 15 is 0 Å². The lowest BCUT2D eigenvalue weighted by Gasteiger charge is -2.12. The molecule has 0 aliphatic rings. The fourth-order valence-corrected chi connectivity index (χ4v) is 2.20. The second kappa shape index (κ2) is 5.48. The van der Waals surface area contributed by atoms with Crippen LogP contribution < -0.4 is 0 Å². The summed E-state index contributed by atoms with van der Waals surface area (Å²) in [5, 5.41) is 9.85. The smallest absolute Gasteiger partial charge is 0.303 e. The Morgan fingerprint density at radius 1 is 1.26 bits per heavy atom. The average molecular weight is 253 g/mol. The summed E-state index contributed by atoms with van der Waals surface area (Å²) in [4.78, 5) is 15.3. The third-order valence-electron chi connectivity index (χ3n) is 3.06. The molecule has 0 amide bonds. The lowest BCUT2D eigenvalue weighted by Crippen LogP contribution is -2.02. The molecule has 0 aliphatic carbocycles. The SMILES string of the molecule is C=Cc1nc2ccccc2c(CCC(=O)O)c1C=C. The van der Waals surface area contributed by atoms with E-state index in [9.17, 15) is 4.79 Å². The largest absolute Gasteiger partial charge is 0.481 e. The lowest BCUT2D eigenvalue weighted by atomic mass is 9.96. The van der Waals surface area contributed by atoms with Gasteiger partial charge >= 0.3 is 5.97 Å². The third kappa shape index (κ3) is 2.55. The second-order valence-corrected chi connectivity index (χ2v) is 4.21. The Bertz CT molecular complexity index is 659. The highest BCUT2D eigenvalue weighted by Gasteiger charge is 2.12. The van der Waals surface area contributed by atoms with Gasteiger partial charge in [-0.1, -0.05) is 37.4 Å². The number of benzene rings is 1. The molecule has 1 N–H and O–H groups in total. The van der Waals surface area contributed by atoms with Crippen molar-refractivity contribution in [3.63, 3.8) is 0 Å². The number of para-hydroxylation sites is 1. The number of pyridine rings is 1. The number of nitrogens with zero attached hydrogens (tertiary/aromatic N) is 1. The number of aryl methyl sites for hydroxylation is 1. The van der Waals surface area contributed by atoms with Crippen LogP contribution in [0.3, 0.4) is 0 Å². The van der Waals surface area contributed by atoms with Crippen molar-refractivity contribution in [2.45, 2.75) is 12.8 Å². The van der Waals surface area contributed by atoms with E-state index in [4.69, 9.17) is 5.11 Å². The summed E-state index contributed by atoms with van der Waals surface area (Å²) in [5.74, 6) is -0.809. The zero-order valence-corrected chi connectivity index (χ0v) is 10.6. The Morgan fingerprint density at radius 2 is 2.00 bits per heavy atom. The van der Waals surface area contributed by atoms with Gasteiger partial charge in [0.25, 0.3) is 0 Å². The molecule has 1 heterocycles. The Labute approximate surface area is 111 Å². The molecule has 19 heavy (non-hydrogen) atoms. The molecule has 0 fully saturated rings. The minimum absolute atomic E-state index is 0.0887. The first kappa shape index (κ1) is 13.0. The first-order valence-electron chi connectivity index (χ1n) is 6.05. The molecule has 0 atom stereocenters. The van der Waals surface area contributed by atoms with Crippen molar-refractivity contribution < 1.29 is 9.90 Å². The lowest BCUT2D eigenvalue weighted by molar-refractivity contribution is -0.136. The molecule has 1 aromatic heterocycles. The van der Waals surface area contributed by atoms with Crippen LogP contribution in [0.2, 0.25) is 0 Å². The summed E-state index contributed by atoms with van der Waals surface area (Å²) < 4.78 is 0. The maximum Gasteiger partial charge on any atom is 0.303 e. The summed E-state index contributed by atoms with van der Waals surface area (Å²) in [6, 6.07) is 7.71. The van der Waals surface area contributed by atoms with Crippen LogP contribution in [0, 0.1) is 0 Å². The molecule has 0 spiro atoms. The van der Waals surface area contributed by atoms with Gasteiger partial charge < -0.3 is 5.11 Å². The maximum absolute atomic E-state index is 10.8. The van der Waals surface area contributed by atoms with E-state index in [2.05, 4.69) is 18.1 Å². The van der Waals surface area contributed by atoms with Gasteiger partial charge in [0.1, 0.15) is 0 Å². The van der Waals surface area contributed by atoms with Gasteiger partial charge in [-0.25, -0.2) is 4.98 Å². The van der Waals surface area contributed by atoms with Crippen LogP contribution >= 0.6 is 0 Å². The van der Waals surface area contributed by atoms with E-state index in [0.29, 0.717) is 6.42 Å². The van der Waals surface area contributed by atoms with E-state index < -0.39 is 5.97 Å². The van der Waals surface area contributed by atoms with Crippen molar-refractivity contribution in [1.82, 2.24) is 4.98 Å². The van der Waals surface area contributed by atoms with Crippen molar-refractivity contribution in [1.29, 1.82) is 0 Å². The van der Waals surface area contributed by atoms with Crippen LogP contribution in [-0.2, 0) is 11.2 Å². The van der Waals surface area contributed by atoms with Gasteiger partial charge in [0.05, 0.1) is 11.2 Å². The van der Waals surface area contributed by atoms with Crippen LogP contribution in [0.1, 0.15) is 23.2 Å². The van der Waals surface area contributed by atoms with E-state index in [-0.39, 0.29) is 6.42 Å². The average Bonchev–Trinajstić information content (AvgIpc) is 2.43. The van der Waals surface area contributed by atoms with Crippen molar-refractivity contribution in [2.75, 3.05) is 0 Å². The number of fused-ring (bicyclic) bond motifs is 1. The Kier molecular flexibility index (Phi) is 3.76. The topological polar surface area (TPSA) is 50.2 Å². The van der Waals surface area contributed by atoms with Crippen molar-refractivity contribution >= 4 is 29.0 Å². The summed E-state index contributed by atoms with van der Waals surface area (Å²) in [7, 11) is 0. The Balaban J connectivity index is 2.69. The molecule has 0 saturated carbocycles. The van der Waals surface area contributed by atoms with Crippen molar-refractivity contribution in [3.8, 4) is 0 Å². The molecule has 3 nitrogen and oxygen atoms in total. The van der Waals surface area contributed by atoms with E-state index in [1.165, 1.54) is 0 Å². The minimum atomic E-state index is -0.809. The summed E-state index contributed by atoms with van der Waals surface area (Å²) in [5.41, 5.74) is 3.44. The number of carboxylic acids is 1. The summed E-state index contributed by atoms with van der Waals surface area (Å²) >= 11 is 0. The van der Waals surface area contributed by atoms with Gasteiger partial charge in [-0.2, -0.15) is 0 Å². The fraction of sp³-hybridized carbons (Fsp3) is 0.125. The quantitative estimate of drug-likeness (QED) is 0.886.